The summed E-state index contributed by atoms with van der Waals surface area (Å²) in [7, 11) is -3.88. The fraction of sp³-hybridized carbons (Fsp3) is 0.296. The maximum Gasteiger partial charge on any atom is 0.573 e. The quantitative estimate of drug-likeness (QED) is 0.341. The van der Waals surface area contributed by atoms with Gasteiger partial charge in [0.15, 0.2) is 5.65 Å². The molecule has 14 heteroatoms. The number of carbonyl (C=O) groups is 1. The fourth-order valence-electron chi connectivity index (χ4n) is 4.54. The fourth-order valence-corrected chi connectivity index (χ4v) is 5.07. The summed E-state index contributed by atoms with van der Waals surface area (Å²) >= 11 is 0. The minimum atomic E-state index is -4.84. The smallest absolute Gasteiger partial charge is 0.406 e. The molecule has 1 amide bonds. The van der Waals surface area contributed by atoms with Crippen LogP contribution in [0.2, 0.25) is 0 Å². The van der Waals surface area contributed by atoms with Crippen LogP contribution in [0.25, 0.3) is 27.8 Å². The molecule has 0 unspecified atom stereocenters. The molecule has 0 atom stereocenters. The molecule has 216 valence electrons. The van der Waals surface area contributed by atoms with Gasteiger partial charge in [0.25, 0.3) is 5.91 Å². The molecule has 2 aromatic heterocycles. The summed E-state index contributed by atoms with van der Waals surface area (Å²) in [6.07, 6.45) is -4.84. The number of amides is 1. The summed E-state index contributed by atoms with van der Waals surface area (Å²) in [6, 6.07) is 14.2. The summed E-state index contributed by atoms with van der Waals surface area (Å²) in [4.78, 5) is 19.6. The second kappa shape index (κ2) is 11.0. The van der Waals surface area contributed by atoms with E-state index in [1.165, 1.54) is 29.8 Å². The highest BCUT2D eigenvalue weighted by Crippen LogP contribution is 2.34. The van der Waals surface area contributed by atoms with Crippen LogP contribution in [-0.4, -0.2) is 67.5 Å². The Balaban J connectivity index is 1.62. The van der Waals surface area contributed by atoms with Crippen molar-refractivity contribution in [1.29, 1.82) is 0 Å². The Bertz CT molecular complexity index is 1680. The maximum atomic E-state index is 13.0. The Morgan fingerprint density at radius 2 is 1.68 bits per heavy atom. The average molecular weight is 590 g/mol. The van der Waals surface area contributed by atoms with Crippen molar-refractivity contribution in [3.8, 4) is 22.6 Å². The van der Waals surface area contributed by atoms with Gasteiger partial charge < -0.3 is 14.4 Å². The SMILES string of the molecule is CCS(=O)(=O)NC(=O)c1cc(-c2ccc(N3CCOCC3)cc2)c2c(C)nn(-c3ccc(OC(F)(F)F)cc3)c2n1. The number of nitrogens with zero attached hydrogens (tertiary/aromatic N) is 4. The lowest BCUT2D eigenvalue weighted by molar-refractivity contribution is -0.274. The first-order valence-corrected chi connectivity index (χ1v) is 14.3. The van der Waals surface area contributed by atoms with Crippen LogP contribution >= 0.6 is 0 Å². The van der Waals surface area contributed by atoms with Crippen LogP contribution in [-0.2, 0) is 14.8 Å². The molecular formula is C27H26F3N5O5S. The lowest BCUT2D eigenvalue weighted by Gasteiger charge is -2.29. The summed E-state index contributed by atoms with van der Waals surface area (Å²) < 4.78 is 75.0. The number of ether oxygens (including phenoxy) is 2. The highest BCUT2D eigenvalue weighted by Gasteiger charge is 2.31. The Hall–Kier alpha value is -4.17. The van der Waals surface area contributed by atoms with Crippen molar-refractivity contribution in [3.05, 3.63) is 66.0 Å². The zero-order valence-corrected chi connectivity index (χ0v) is 22.9. The van der Waals surface area contributed by atoms with Crippen molar-refractivity contribution in [2.45, 2.75) is 20.2 Å². The highest BCUT2D eigenvalue weighted by atomic mass is 32.2. The number of rotatable bonds is 7. The van der Waals surface area contributed by atoms with Gasteiger partial charge in [0.1, 0.15) is 11.4 Å². The monoisotopic (exact) mass is 589 g/mol. The molecule has 0 aliphatic carbocycles. The molecule has 1 N–H and O–H groups in total. The molecule has 3 heterocycles. The van der Waals surface area contributed by atoms with Gasteiger partial charge in [-0.3, -0.25) is 4.79 Å². The standard InChI is InChI=1S/C27H26F3N5O5S/c1-3-41(37,38)33-26(36)23-16-22(18-4-6-19(7-5-18)34-12-14-39-15-13-34)24-17(2)32-35(25(24)31-23)20-8-10-21(11-9-20)40-27(28,29)30/h4-11,16H,3,12-15H2,1-2H3,(H,33,36). The van der Waals surface area contributed by atoms with E-state index in [0.717, 1.165) is 36.5 Å². The van der Waals surface area contributed by atoms with Gasteiger partial charge in [0.05, 0.1) is 35.7 Å². The van der Waals surface area contributed by atoms with Crippen LogP contribution in [0, 0.1) is 6.92 Å². The summed E-state index contributed by atoms with van der Waals surface area (Å²) in [5, 5.41) is 5.14. The van der Waals surface area contributed by atoms with Gasteiger partial charge in [-0.15, -0.1) is 13.2 Å². The number of alkyl halides is 3. The number of anilines is 1. The lowest BCUT2D eigenvalue weighted by atomic mass is 10.0. The lowest BCUT2D eigenvalue weighted by Crippen LogP contribution is -2.36. The molecular weight excluding hydrogens is 563 g/mol. The second-order valence-electron chi connectivity index (χ2n) is 9.27. The number of pyridine rings is 1. The number of carbonyl (C=O) groups excluding carboxylic acids is 1. The van der Waals surface area contributed by atoms with Crippen LogP contribution in [0.4, 0.5) is 18.9 Å². The number of hydrogen-bond acceptors (Lipinski definition) is 8. The molecule has 0 radical (unpaired) electrons. The van der Waals surface area contributed by atoms with Crippen molar-refractivity contribution in [2.24, 2.45) is 0 Å². The van der Waals surface area contributed by atoms with E-state index in [9.17, 15) is 26.4 Å². The molecule has 5 rings (SSSR count). The third kappa shape index (κ3) is 6.28. The highest BCUT2D eigenvalue weighted by molar-refractivity contribution is 7.90. The van der Waals surface area contributed by atoms with Crippen molar-refractivity contribution >= 4 is 32.7 Å². The maximum absolute atomic E-state index is 13.0. The van der Waals surface area contributed by atoms with Gasteiger partial charge in [-0.2, -0.15) is 5.10 Å². The number of halogens is 3. The van der Waals surface area contributed by atoms with Crippen LogP contribution in [0.15, 0.2) is 54.6 Å². The van der Waals surface area contributed by atoms with Crippen molar-refractivity contribution in [1.82, 2.24) is 19.5 Å². The van der Waals surface area contributed by atoms with E-state index in [0.29, 0.717) is 35.5 Å². The molecule has 4 aromatic rings. The molecule has 0 saturated carbocycles. The van der Waals surface area contributed by atoms with Crippen molar-refractivity contribution in [3.63, 3.8) is 0 Å². The van der Waals surface area contributed by atoms with E-state index in [1.54, 1.807) is 6.92 Å². The minimum absolute atomic E-state index is 0.167. The molecule has 0 bridgehead atoms. The molecule has 1 saturated heterocycles. The predicted molar refractivity (Wildman–Crippen MR) is 146 cm³/mol. The molecule has 1 aliphatic heterocycles. The topological polar surface area (TPSA) is 116 Å². The first kappa shape index (κ1) is 28.4. The summed E-state index contributed by atoms with van der Waals surface area (Å²) in [5.41, 5.74) is 3.28. The van der Waals surface area contributed by atoms with Crippen LogP contribution in [0.3, 0.4) is 0 Å². The summed E-state index contributed by atoms with van der Waals surface area (Å²) in [5.74, 6) is -1.63. The van der Waals surface area contributed by atoms with Crippen molar-refractivity contribution < 1.29 is 35.9 Å². The van der Waals surface area contributed by atoms with E-state index >= 15 is 0 Å². The Kier molecular flexibility index (Phi) is 7.62. The van der Waals surface area contributed by atoms with Gasteiger partial charge in [0, 0.05) is 18.8 Å². The average Bonchev–Trinajstić information content (AvgIpc) is 3.28. The molecule has 10 nitrogen and oxygen atoms in total. The molecule has 0 spiro atoms. The Morgan fingerprint density at radius 1 is 1.05 bits per heavy atom. The molecule has 1 fully saturated rings. The molecule has 2 aromatic carbocycles. The van der Waals surface area contributed by atoms with E-state index in [2.05, 4.69) is 19.7 Å². The number of hydrogen-bond donors (Lipinski definition) is 1. The first-order chi connectivity index (χ1) is 19.4. The van der Waals surface area contributed by atoms with Crippen LogP contribution in [0.1, 0.15) is 23.1 Å². The van der Waals surface area contributed by atoms with E-state index in [-0.39, 0.29) is 17.1 Å². The number of benzene rings is 2. The van der Waals surface area contributed by atoms with E-state index < -0.39 is 28.0 Å². The number of aromatic nitrogens is 3. The number of aryl methyl sites for hydroxylation is 1. The molecule has 1 aliphatic rings. The minimum Gasteiger partial charge on any atom is -0.406 e. The van der Waals surface area contributed by atoms with Crippen LogP contribution in [0.5, 0.6) is 5.75 Å². The van der Waals surface area contributed by atoms with E-state index in [4.69, 9.17) is 4.74 Å². The summed E-state index contributed by atoms with van der Waals surface area (Å²) in [6.45, 7) is 5.93. The number of nitrogens with one attached hydrogen (secondary N) is 1. The third-order valence-electron chi connectivity index (χ3n) is 6.54. The van der Waals surface area contributed by atoms with Gasteiger partial charge >= 0.3 is 6.36 Å². The van der Waals surface area contributed by atoms with E-state index in [1.807, 2.05) is 29.0 Å². The second-order valence-corrected chi connectivity index (χ2v) is 11.3. The Labute approximate surface area is 233 Å². The van der Waals surface area contributed by atoms with Gasteiger partial charge in [0.2, 0.25) is 10.0 Å². The van der Waals surface area contributed by atoms with Gasteiger partial charge in [-0.1, -0.05) is 12.1 Å². The zero-order chi connectivity index (χ0) is 29.4. The first-order valence-electron chi connectivity index (χ1n) is 12.7. The van der Waals surface area contributed by atoms with Gasteiger partial charge in [-0.25, -0.2) is 22.8 Å². The molecule has 41 heavy (non-hydrogen) atoms. The Morgan fingerprint density at radius 3 is 2.29 bits per heavy atom. The number of sulfonamides is 1. The zero-order valence-electron chi connectivity index (χ0n) is 22.1. The normalized spacial score (nSPS) is 14.3. The number of fused-ring (bicyclic) bond motifs is 1. The van der Waals surface area contributed by atoms with Gasteiger partial charge in [-0.05, 0) is 67.4 Å². The van der Waals surface area contributed by atoms with Crippen molar-refractivity contribution in [2.75, 3.05) is 37.0 Å². The third-order valence-corrected chi connectivity index (χ3v) is 7.80. The number of morpholine rings is 1. The largest absolute Gasteiger partial charge is 0.573 e. The van der Waals surface area contributed by atoms with Crippen LogP contribution < -0.4 is 14.4 Å². The predicted octanol–water partition coefficient (Wildman–Crippen LogP) is 4.21.